The van der Waals surface area contributed by atoms with Gasteiger partial charge >= 0.3 is 6.09 Å². The zero-order valence-electron chi connectivity index (χ0n) is 19.9. The molecule has 0 N–H and O–H groups in total. The van der Waals surface area contributed by atoms with E-state index in [1.165, 1.54) is 17.4 Å². The second kappa shape index (κ2) is 11.1. The fourth-order valence-corrected chi connectivity index (χ4v) is 5.26. The molecule has 0 fully saturated rings. The van der Waals surface area contributed by atoms with Crippen molar-refractivity contribution in [1.82, 2.24) is 13.9 Å². The lowest BCUT2D eigenvalue weighted by molar-refractivity contribution is 0.183. The molecule has 0 spiro atoms. The largest absolute Gasteiger partial charge is 0.429 e. The molecule has 1 amide bonds. The Morgan fingerprint density at radius 2 is 1.97 bits per heavy atom. The molecule has 2 heterocycles. The van der Waals surface area contributed by atoms with Crippen LogP contribution in [0.5, 0.6) is 5.06 Å². The van der Waals surface area contributed by atoms with E-state index in [2.05, 4.69) is 18.8 Å². The van der Waals surface area contributed by atoms with Crippen molar-refractivity contribution in [2.24, 2.45) is 5.92 Å². The highest BCUT2D eigenvalue weighted by Crippen LogP contribution is 2.40. The van der Waals surface area contributed by atoms with Gasteiger partial charge in [-0.3, -0.25) is 0 Å². The van der Waals surface area contributed by atoms with Gasteiger partial charge in [0.05, 0.1) is 6.54 Å². The first-order valence-electron chi connectivity index (χ1n) is 11.2. The van der Waals surface area contributed by atoms with Gasteiger partial charge in [0.15, 0.2) is 5.06 Å². The van der Waals surface area contributed by atoms with Crippen molar-refractivity contribution in [3.63, 3.8) is 0 Å². The maximum absolute atomic E-state index is 15.1. The third kappa shape index (κ3) is 6.04. The number of benzene rings is 1. The lowest BCUT2D eigenvalue weighted by Crippen LogP contribution is -2.31. The molecule has 0 saturated heterocycles. The molecule has 0 aliphatic rings. The molecule has 3 aromatic rings. The Morgan fingerprint density at radius 1 is 1.24 bits per heavy atom. The van der Waals surface area contributed by atoms with Crippen LogP contribution < -0.4 is 4.74 Å². The zero-order chi connectivity index (χ0) is 25.0. The molecule has 2 aromatic heterocycles. The number of rotatable bonds is 9. The van der Waals surface area contributed by atoms with E-state index >= 15 is 4.39 Å². The number of imidazole rings is 1. The summed E-state index contributed by atoms with van der Waals surface area (Å²) in [4.78, 5) is 17.7. The number of carbonyl (C=O) groups is 1. The summed E-state index contributed by atoms with van der Waals surface area (Å²) >= 11 is 1.27. The van der Waals surface area contributed by atoms with E-state index in [-0.39, 0.29) is 23.3 Å². The molecule has 10 heteroatoms. The Hall–Kier alpha value is -2.72. The van der Waals surface area contributed by atoms with Gasteiger partial charge < -0.3 is 9.30 Å². The summed E-state index contributed by atoms with van der Waals surface area (Å²) in [5.41, 5.74) is 1.63. The van der Waals surface area contributed by atoms with Gasteiger partial charge in [-0.2, -0.15) is 0 Å². The number of thiol groups is 1. The number of amides is 1. The van der Waals surface area contributed by atoms with Gasteiger partial charge in [-0.05, 0) is 37.0 Å². The SMILES string of the molecule is CCN(C(=O)Oc1sc(CC(C)C)cc1-c1ccc(Cn2ccnc2C(C)C)c(F)c1)[SH](=O)=O. The van der Waals surface area contributed by atoms with E-state index in [0.29, 0.717) is 33.5 Å². The minimum Gasteiger partial charge on any atom is -0.398 e. The Balaban J connectivity index is 1.94. The number of ether oxygens (including phenoxy) is 1. The summed E-state index contributed by atoms with van der Waals surface area (Å²) in [5, 5.41) is 0.250. The van der Waals surface area contributed by atoms with E-state index < -0.39 is 17.0 Å². The van der Waals surface area contributed by atoms with Gasteiger partial charge in [0.2, 0.25) is 10.9 Å². The average Bonchev–Trinajstić information content (AvgIpc) is 3.36. The predicted molar refractivity (Wildman–Crippen MR) is 132 cm³/mol. The van der Waals surface area contributed by atoms with Crippen LogP contribution >= 0.6 is 11.3 Å². The van der Waals surface area contributed by atoms with Crippen molar-refractivity contribution in [1.29, 1.82) is 0 Å². The Morgan fingerprint density at radius 3 is 2.56 bits per heavy atom. The molecule has 3 rings (SSSR count). The van der Waals surface area contributed by atoms with Crippen LogP contribution in [-0.2, 0) is 23.9 Å². The molecule has 34 heavy (non-hydrogen) atoms. The molecule has 0 saturated carbocycles. The number of carbonyl (C=O) groups excluding carboxylic acids is 1. The van der Waals surface area contributed by atoms with Gasteiger partial charge in [0, 0.05) is 40.9 Å². The molecule has 0 radical (unpaired) electrons. The molecular formula is C24H30FN3O4S2. The summed E-state index contributed by atoms with van der Waals surface area (Å²) in [7, 11) is -3.11. The van der Waals surface area contributed by atoms with Crippen LogP contribution in [-0.4, -0.2) is 34.9 Å². The second-order valence-electron chi connectivity index (χ2n) is 8.71. The highest BCUT2D eigenvalue weighted by Gasteiger charge is 2.22. The van der Waals surface area contributed by atoms with Gasteiger partial charge in [-0.1, -0.05) is 39.8 Å². The van der Waals surface area contributed by atoms with Crippen molar-refractivity contribution in [3.8, 4) is 16.2 Å². The van der Waals surface area contributed by atoms with E-state index in [0.717, 1.165) is 17.1 Å². The van der Waals surface area contributed by atoms with E-state index in [1.54, 1.807) is 25.3 Å². The van der Waals surface area contributed by atoms with E-state index in [1.807, 2.05) is 30.7 Å². The first-order valence-corrected chi connectivity index (χ1v) is 13.1. The number of halogens is 1. The quantitative estimate of drug-likeness (QED) is 0.389. The van der Waals surface area contributed by atoms with Crippen molar-refractivity contribution in [3.05, 3.63) is 58.7 Å². The average molecular weight is 508 g/mol. The summed E-state index contributed by atoms with van der Waals surface area (Å²) in [6.07, 6.45) is 3.31. The van der Waals surface area contributed by atoms with Crippen LogP contribution in [0.4, 0.5) is 9.18 Å². The monoisotopic (exact) mass is 507 g/mol. The Bertz CT molecular complexity index is 1220. The summed E-state index contributed by atoms with van der Waals surface area (Å²) < 4.78 is 45.9. The predicted octanol–water partition coefficient (Wildman–Crippen LogP) is 5.47. The van der Waals surface area contributed by atoms with Crippen LogP contribution in [0.15, 0.2) is 36.7 Å². The Labute approximate surface area is 205 Å². The Kier molecular flexibility index (Phi) is 8.48. The van der Waals surface area contributed by atoms with Crippen molar-refractivity contribution in [2.45, 2.75) is 53.5 Å². The maximum Gasteiger partial charge on any atom is 0.429 e. The first kappa shape index (κ1) is 25.9. The van der Waals surface area contributed by atoms with Crippen LogP contribution in [0.25, 0.3) is 11.1 Å². The van der Waals surface area contributed by atoms with Crippen molar-refractivity contribution in [2.75, 3.05) is 6.54 Å². The number of aromatic nitrogens is 2. The maximum atomic E-state index is 15.1. The van der Waals surface area contributed by atoms with Crippen molar-refractivity contribution >= 4 is 28.3 Å². The molecule has 0 atom stereocenters. The molecular weight excluding hydrogens is 477 g/mol. The van der Waals surface area contributed by atoms with E-state index in [9.17, 15) is 13.2 Å². The molecule has 0 unspecified atom stereocenters. The smallest absolute Gasteiger partial charge is 0.398 e. The fourth-order valence-electron chi connectivity index (χ4n) is 3.63. The van der Waals surface area contributed by atoms with Crippen LogP contribution in [0.1, 0.15) is 56.8 Å². The summed E-state index contributed by atoms with van der Waals surface area (Å²) in [6, 6.07) is 6.80. The molecule has 1 aromatic carbocycles. The topological polar surface area (TPSA) is 81.5 Å². The summed E-state index contributed by atoms with van der Waals surface area (Å²) in [6.45, 7) is 10.1. The molecule has 0 aliphatic carbocycles. The fraction of sp³-hybridized carbons (Fsp3) is 0.417. The highest BCUT2D eigenvalue weighted by molar-refractivity contribution is 7.70. The number of hydrogen-bond donors (Lipinski definition) is 1. The van der Waals surface area contributed by atoms with Crippen LogP contribution in [0.3, 0.4) is 0 Å². The molecule has 0 aliphatic heterocycles. The van der Waals surface area contributed by atoms with Gasteiger partial charge in [0.1, 0.15) is 11.6 Å². The minimum absolute atomic E-state index is 0.0347. The first-order chi connectivity index (χ1) is 16.1. The lowest BCUT2D eigenvalue weighted by atomic mass is 10.0. The standard InChI is InChI=1S/C24H30FN3O4S2/c1-6-28(34(30)31)24(29)32-23-20(13-19(33-23)11-15(2)3)17-7-8-18(21(25)12-17)14-27-10-9-26-22(27)16(4)5/h7-10,12-13,15-16,34H,6,11,14H2,1-5H3. The number of hydrogen-bond acceptors (Lipinski definition) is 6. The van der Waals surface area contributed by atoms with Gasteiger partial charge in [0.25, 0.3) is 0 Å². The molecule has 7 nitrogen and oxygen atoms in total. The number of thiophene rings is 1. The zero-order valence-corrected chi connectivity index (χ0v) is 21.7. The van der Waals surface area contributed by atoms with Gasteiger partial charge in [-0.15, -0.1) is 11.3 Å². The van der Waals surface area contributed by atoms with Gasteiger partial charge in [-0.25, -0.2) is 26.9 Å². The van der Waals surface area contributed by atoms with Crippen LogP contribution in [0, 0.1) is 11.7 Å². The summed E-state index contributed by atoms with van der Waals surface area (Å²) in [5.74, 6) is 1.08. The third-order valence-corrected chi connectivity index (χ3v) is 7.09. The highest BCUT2D eigenvalue weighted by atomic mass is 32.2. The number of nitrogens with zero attached hydrogens (tertiary/aromatic N) is 3. The van der Waals surface area contributed by atoms with Crippen LogP contribution in [0.2, 0.25) is 0 Å². The third-order valence-electron chi connectivity index (χ3n) is 5.21. The lowest BCUT2D eigenvalue weighted by Gasteiger charge is -2.14. The molecule has 0 bridgehead atoms. The normalized spacial score (nSPS) is 11.6. The van der Waals surface area contributed by atoms with Crippen molar-refractivity contribution < 1.29 is 22.3 Å². The minimum atomic E-state index is -3.11. The second-order valence-corrected chi connectivity index (χ2v) is 10.8. The molecule has 184 valence electrons. The van der Waals surface area contributed by atoms with E-state index in [4.69, 9.17) is 4.74 Å².